The molecule has 2 nitrogen and oxygen atoms in total. The quantitative estimate of drug-likeness (QED) is 0.373. The molecule has 76 valence electrons. The van der Waals surface area contributed by atoms with E-state index < -0.39 is 0 Å². The second kappa shape index (κ2) is 5.53. The molecule has 0 bridgehead atoms. The second-order valence-corrected chi connectivity index (χ2v) is 3.57. The van der Waals surface area contributed by atoms with E-state index in [9.17, 15) is 4.79 Å². The molecular weight excluding hydrogens is 174 g/mol. The average Bonchev–Trinajstić information content (AvgIpc) is 2.69. The maximum absolute atomic E-state index is 10.7. The fraction of sp³-hybridized carbons (Fsp3) is 0.500. The van der Waals surface area contributed by atoms with Crippen LogP contribution in [0.2, 0.25) is 0 Å². The first-order chi connectivity index (χ1) is 6.76. The molecule has 0 aliphatic heterocycles. The summed E-state index contributed by atoms with van der Waals surface area (Å²) in [6.07, 6.45) is 8.06. The molecule has 1 aliphatic rings. The lowest BCUT2D eigenvalue weighted by Crippen LogP contribution is -2.01. The van der Waals surface area contributed by atoms with Crippen LogP contribution in [0.15, 0.2) is 28.9 Å². The van der Waals surface area contributed by atoms with Crippen LogP contribution in [0.5, 0.6) is 0 Å². The molecule has 0 aromatic rings. The third-order valence-electron chi connectivity index (χ3n) is 2.39. The van der Waals surface area contributed by atoms with Gasteiger partial charge in [-0.05, 0) is 25.7 Å². The second-order valence-electron chi connectivity index (χ2n) is 3.57. The van der Waals surface area contributed by atoms with Gasteiger partial charge in [0.1, 0.15) is 0 Å². The Morgan fingerprint density at radius 1 is 1.71 bits per heavy atom. The van der Waals surface area contributed by atoms with Crippen LogP contribution in [-0.4, -0.2) is 12.0 Å². The zero-order chi connectivity index (χ0) is 10.4. The highest BCUT2D eigenvalue weighted by Crippen LogP contribution is 2.21. The van der Waals surface area contributed by atoms with Crippen molar-refractivity contribution in [2.75, 3.05) is 0 Å². The number of allylic oxidation sites excluding steroid dienone is 3. The Hall–Kier alpha value is -1.18. The molecule has 0 aromatic carbocycles. The lowest BCUT2D eigenvalue weighted by Gasteiger charge is -2.01. The normalized spacial score (nSPS) is 16.6. The van der Waals surface area contributed by atoms with Gasteiger partial charge in [-0.15, -0.1) is 0 Å². The number of carbonyl (C=O) groups is 1. The summed E-state index contributed by atoms with van der Waals surface area (Å²) in [6, 6.07) is 0. The molecule has 1 aliphatic carbocycles. The molecule has 1 rings (SSSR count). The van der Waals surface area contributed by atoms with E-state index in [4.69, 9.17) is 0 Å². The van der Waals surface area contributed by atoms with Crippen molar-refractivity contribution in [2.24, 2.45) is 4.99 Å². The predicted octanol–water partition coefficient (Wildman–Crippen LogP) is 3.05. The highest BCUT2D eigenvalue weighted by Gasteiger charge is 2.07. The van der Waals surface area contributed by atoms with Gasteiger partial charge in [0, 0.05) is 12.1 Å². The molecule has 14 heavy (non-hydrogen) atoms. The number of nitrogens with zero attached hydrogens (tertiary/aromatic N) is 1. The van der Waals surface area contributed by atoms with Gasteiger partial charge in [-0.1, -0.05) is 25.2 Å². The fourth-order valence-electron chi connectivity index (χ4n) is 1.52. The number of aliphatic imine (C=N–C) groups is 1. The van der Waals surface area contributed by atoms with Crippen molar-refractivity contribution in [3.63, 3.8) is 0 Å². The van der Waals surface area contributed by atoms with Crippen molar-refractivity contribution in [3.8, 4) is 0 Å². The molecule has 2 heteroatoms. The van der Waals surface area contributed by atoms with Crippen molar-refractivity contribution >= 4 is 12.0 Å². The third kappa shape index (κ3) is 3.29. The van der Waals surface area contributed by atoms with Crippen LogP contribution >= 0.6 is 0 Å². The minimum atomic E-state index is 0.616. The van der Waals surface area contributed by atoms with E-state index in [-0.39, 0.29) is 0 Å². The van der Waals surface area contributed by atoms with Gasteiger partial charge in [-0.25, -0.2) is 0 Å². The summed E-state index contributed by atoms with van der Waals surface area (Å²) in [5, 5.41) is 0. The predicted molar refractivity (Wildman–Crippen MR) is 59.5 cm³/mol. The van der Waals surface area contributed by atoms with Crippen molar-refractivity contribution in [2.45, 2.75) is 39.0 Å². The number of rotatable bonds is 5. The standard InChI is InChI=1S/C12H17NO/c1-3-10(2)13-12(9-14)8-11-6-4-5-7-11/h6,9H,2-5,7-8H2,1H3/b13-12-. The first-order valence-electron chi connectivity index (χ1n) is 5.14. The largest absolute Gasteiger partial charge is 0.297 e. The first-order valence-corrected chi connectivity index (χ1v) is 5.14. The summed E-state index contributed by atoms with van der Waals surface area (Å²) in [5.74, 6) is 0. The summed E-state index contributed by atoms with van der Waals surface area (Å²) in [7, 11) is 0. The van der Waals surface area contributed by atoms with Gasteiger partial charge >= 0.3 is 0 Å². The highest BCUT2D eigenvalue weighted by atomic mass is 16.1. The fourth-order valence-corrected chi connectivity index (χ4v) is 1.52. The molecule has 0 unspecified atom stereocenters. The van der Waals surface area contributed by atoms with Gasteiger partial charge < -0.3 is 0 Å². The van der Waals surface area contributed by atoms with Gasteiger partial charge in [-0.2, -0.15) is 0 Å². The minimum absolute atomic E-state index is 0.616. The molecule has 0 saturated heterocycles. The zero-order valence-electron chi connectivity index (χ0n) is 8.75. The summed E-state index contributed by atoms with van der Waals surface area (Å²) in [4.78, 5) is 14.9. The monoisotopic (exact) mass is 191 g/mol. The Kier molecular flexibility index (Phi) is 4.30. The van der Waals surface area contributed by atoms with E-state index >= 15 is 0 Å². The van der Waals surface area contributed by atoms with Crippen molar-refractivity contribution in [1.29, 1.82) is 0 Å². The van der Waals surface area contributed by atoms with Gasteiger partial charge in [0.2, 0.25) is 0 Å². The Balaban J connectivity index is 2.58. The average molecular weight is 191 g/mol. The molecule has 0 radical (unpaired) electrons. The van der Waals surface area contributed by atoms with Crippen LogP contribution in [0.3, 0.4) is 0 Å². The van der Waals surface area contributed by atoms with E-state index in [2.05, 4.69) is 17.6 Å². The van der Waals surface area contributed by atoms with Gasteiger partial charge in [0.15, 0.2) is 6.29 Å². The summed E-state index contributed by atoms with van der Waals surface area (Å²) >= 11 is 0. The van der Waals surface area contributed by atoms with Gasteiger partial charge in [0.05, 0.1) is 5.71 Å². The van der Waals surface area contributed by atoms with E-state index in [1.165, 1.54) is 12.0 Å². The number of hydrogen-bond donors (Lipinski definition) is 0. The van der Waals surface area contributed by atoms with Gasteiger partial charge in [0.25, 0.3) is 0 Å². The SMILES string of the molecule is C=C(CC)/N=C(\C=O)CC1=CCCC1. The third-order valence-corrected chi connectivity index (χ3v) is 2.39. The summed E-state index contributed by atoms with van der Waals surface area (Å²) in [5.41, 5.74) is 2.75. The van der Waals surface area contributed by atoms with E-state index in [1.54, 1.807) is 0 Å². The van der Waals surface area contributed by atoms with E-state index in [0.717, 1.165) is 31.2 Å². The molecule has 0 N–H and O–H groups in total. The molecule has 0 fully saturated rings. The molecule has 0 aromatic heterocycles. The number of carbonyl (C=O) groups excluding carboxylic acids is 1. The zero-order valence-corrected chi connectivity index (χ0v) is 8.75. The van der Waals surface area contributed by atoms with Gasteiger partial charge in [-0.3, -0.25) is 9.79 Å². The molecule has 0 heterocycles. The highest BCUT2D eigenvalue weighted by molar-refractivity contribution is 6.29. The molecule has 0 saturated carbocycles. The smallest absolute Gasteiger partial charge is 0.164 e. The topological polar surface area (TPSA) is 29.4 Å². The maximum atomic E-state index is 10.7. The van der Waals surface area contributed by atoms with Crippen LogP contribution in [0.25, 0.3) is 0 Å². The Labute approximate surface area is 85.4 Å². The van der Waals surface area contributed by atoms with E-state index in [1.807, 2.05) is 6.92 Å². The Morgan fingerprint density at radius 2 is 2.50 bits per heavy atom. The van der Waals surface area contributed by atoms with Crippen molar-refractivity contribution < 1.29 is 4.79 Å². The lowest BCUT2D eigenvalue weighted by molar-refractivity contribution is -0.102. The van der Waals surface area contributed by atoms with Crippen LogP contribution in [0.4, 0.5) is 0 Å². The summed E-state index contributed by atoms with van der Waals surface area (Å²) in [6.45, 7) is 5.76. The lowest BCUT2D eigenvalue weighted by atomic mass is 10.1. The number of aldehydes is 1. The maximum Gasteiger partial charge on any atom is 0.164 e. The van der Waals surface area contributed by atoms with Crippen LogP contribution in [0.1, 0.15) is 39.0 Å². The molecule has 0 amide bonds. The van der Waals surface area contributed by atoms with Crippen LogP contribution in [0, 0.1) is 0 Å². The number of hydrogen-bond acceptors (Lipinski definition) is 2. The summed E-state index contributed by atoms with van der Waals surface area (Å²) < 4.78 is 0. The minimum Gasteiger partial charge on any atom is -0.297 e. The van der Waals surface area contributed by atoms with E-state index in [0.29, 0.717) is 12.1 Å². The molecular formula is C12H17NO. The first kappa shape index (κ1) is 10.9. The molecule has 0 atom stereocenters. The van der Waals surface area contributed by atoms with Crippen molar-refractivity contribution in [1.82, 2.24) is 0 Å². The van der Waals surface area contributed by atoms with Crippen LogP contribution < -0.4 is 0 Å². The Morgan fingerprint density at radius 3 is 3.00 bits per heavy atom. The van der Waals surface area contributed by atoms with Crippen molar-refractivity contribution in [3.05, 3.63) is 23.9 Å². The Bertz CT molecular complexity index is 287. The molecule has 0 spiro atoms. The van der Waals surface area contributed by atoms with Crippen LogP contribution in [-0.2, 0) is 4.79 Å².